The SMILES string of the molecule is CCCC(=O)Nc1scc2c(C(=O)OCC)nn(-c3ccc(C)c(C)c3)c(=O)c12. The van der Waals surface area contributed by atoms with Crippen molar-refractivity contribution in [3.05, 3.63) is 50.8 Å². The Morgan fingerprint density at radius 3 is 2.62 bits per heavy atom. The molecule has 2 aromatic heterocycles. The number of amides is 1. The summed E-state index contributed by atoms with van der Waals surface area (Å²) in [6.07, 6.45) is 1.04. The maximum Gasteiger partial charge on any atom is 0.359 e. The van der Waals surface area contributed by atoms with E-state index < -0.39 is 11.5 Å². The van der Waals surface area contributed by atoms with E-state index in [0.29, 0.717) is 28.9 Å². The Bertz CT molecular complexity index is 1150. The minimum Gasteiger partial charge on any atom is -0.461 e. The van der Waals surface area contributed by atoms with Gasteiger partial charge in [-0.3, -0.25) is 9.59 Å². The highest BCUT2D eigenvalue weighted by Gasteiger charge is 2.23. The molecule has 0 bridgehead atoms. The van der Waals surface area contributed by atoms with Gasteiger partial charge in [-0.2, -0.15) is 9.78 Å². The van der Waals surface area contributed by atoms with E-state index in [-0.39, 0.29) is 23.6 Å². The van der Waals surface area contributed by atoms with Crippen molar-refractivity contribution < 1.29 is 14.3 Å². The van der Waals surface area contributed by atoms with E-state index in [2.05, 4.69) is 10.4 Å². The number of aryl methyl sites for hydroxylation is 2. The molecule has 0 atom stereocenters. The molecule has 3 aromatic rings. The zero-order valence-corrected chi connectivity index (χ0v) is 17.7. The lowest BCUT2D eigenvalue weighted by atomic mass is 10.1. The van der Waals surface area contributed by atoms with E-state index >= 15 is 0 Å². The molecule has 1 N–H and O–H groups in total. The van der Waals surface area contributed by atoms with Gasteiger partial charge < -0.3 is 10.1 Å². The van der Waals surface area contributed by atoms with E-state index in [9.17, 15) is 14.4 Å². The molecule has 0 fully saturated rings. The second-order valence-electron chi connectivity index (χ2n) is 6.71. The highest BCUT2D eigenvalue weighted by Crippen LogP contribution is 2.31. The lowest BCUT2D eigenvalue weighted by molar-refractivity contribution is -0.116. The zero-order valence-electron chi connectivity index (χ0n) is 16.9. The van der Waals surface area contributed by atoms with Crippen LogP contribution in [-0.4, -0.2) is 28.3 Å². The monoisotopic (exact) mass is 413 g/mol. The molecule has 7 nitrogen and oxygen atoms in total. The molecule has 0 spiro atoms. The molecule has 8 heteroatoms. The van der Waals surface area contributed by atoms with Crippen LogP contribution >= 0.6 is 11.3 Å². The van der Waals surface area contributed by atoms with Crippen molar-refractivity contribution in [2.45, 2.75) is 40.5 Å². The normalized spacial score (nSPS) is 10.9. The first-order chi connectivity index (χ1) is 13.9. The first kappa shape index (κ1) is 20.7. The summed E-state index contributed by atoms with van der Waals surface area (Å²) in [6, 6.07) is 5.51. The number of carbonyl (C=O) groups is 2. The fourth-order valence-electron chi connectivity index (χ4n) is 2.94. The lowest BCUT2D eigenvalue weighted by Gasteiger charge is -2.11. The van der Waals surface area contributed by atoms with Crippen molar-refractivity contribution in [2.24, 2.45) is 0 Å². The van der Waals surface area contributed by atoms with E-state index in [1.54, 1.807) is 18.4 Å². The number of esters is 1. The number of hydrogen-bond acceptors (Lipinski definition) is 6. The number of anilines is 1. The van der Waals surface area contributed by atoms with Crippen LogP contribution in [0.15, 0.2) is 28.4 Å². The maximum absolute atomic E-state index is 13.3. The highest BCUT2D eigenvalue weighted by molar-refractivity contribution is 7.16. The summed E-state index contributed by atoms with van der Waals surface area (Å²) >= 11 is 1.20. The third-order valence-electron chi connectivity index (χ3n) is 4.59. The molecule has 3 rings (SSSR count). The minimum absolute atomic E-state index is 0.0481. The fraction of sp³-hybridized carbons (Fsp3) is 0.333. The Kier molecular flexibility index (Phi) is 6.12. The Balaban J connectivity index is 2.27. The number of hydrogen-bond donors (Lipinski definition) is 1. The van der Waals surface area contributed by atoms with Crippen molar-refractivity contribution in [1.82, 2.24) is 9.78 Å². The summed E-state index contributed by atoms with van der Waals surface area (Å²) in [4.78, 5) is 37.9. The predicted octanol–water partition coefficient (Wildman–Crippen LogP) is 3.98. The molecular formula is C21H23N3O4S. The molecule has 1 aromatic carbocycles. The Morgan fingerprint density at radius 1 is 1.21 bits per heavy atom. The molecule has 0 saturated carbocycles. The standard InChI is InChI=1S/C21H23N3O4S/c1-5-7-16(25)22-19-17-15(11-29-19)18(21(27)28-6-2)23-24(20(17)26)14-9-8-12(3)13(4)10-14/h8-11H,5-7H2,1-4H3,(H,22,25). The Hall–Kier alpha value is -3.00. The number of rotatable bonds is 6. The van der Waals surface area contributed by atoms with Gasteiger partial charge in [0, 0.05) is 17.2 Å². The molecule has 1 amide bonds. The van der Waals surface area contributed by atoms with Crippen LogP contribution in [0.5, 0.6) is 0 Å². The largest absolute Gasteiger partial charge is 0.461 e. The average molecular weight is 413 g/mol. The zero-order chi connectivity index (χ0) is 21.1. The number of nitrogens with zero attached hydrogens (tertiary/aromatic N) is 2. The smallest absolute Gasteiger partial charge is 0.359 e. The third kappa shape index (κ3) is 4.07. The molecule has 0 aliphatic heterocycles. The minimum atomic E-state index is -0.612. The lowest BCUT2D eigenvalue weighted by Crippen LogP contribution is -2.25. The number of carbonyl (C=O) groups excluding carboxylic acids is 2. The molecular weight excluding hydrogens is 390 g/mol. The fourth-order valence-corrected chi connectivity index (χ4v) is 3.89. The number of ether oxygens (including phenoxy) is 1. The number of benzene rings is 1. The van der Waals surface area contributed by atoms with E-state index in [1.807, 2.05) is 32.9 Å². The predicted molar refractivity (Wildman–Crippen MR) is 114 cm³/mol. The highest BCUT2D eigenvalue weighted by atomic mass is 32.1. The van der Waals surface area contributed by atoms with Crippen LogP contribution in [-0.2, 0) is 9.53 Å². The molecule has 0 aliphatic carbocycles. The molecule has 0 aliphatic rings. The Morgan fingerprint density at radius 2 is 1.97 bits per heavy atom. The van der Waals surface area contributed by atoms with Crippen molar-refractivity contribution >= 4 is 39.0 Å². The third-order valence-corrected chi connectivity index (χ3v) is 5.48. The van der Waals surface area contributed by atoms with Crippen LogP contribution in [0.3, 0.4) is 0 Å². The van der Waals surface area contributed by atoms with Crippen molar-refractivity contribution in [3.63, 3.8) is 0 Å². The molecule has 152 valence electrons. The van der Waals surface area contributed by atoms with Gasteiger partial charge >= 0.3 is 5.97 Å². The summed E-state index contributed by atoms with van der Waals surface area (Å²) < 4.78 is 6.34. The van der Waals surface area contributed by atoms with Gasteiger partial charge in [0.1, 0.15) is 5.00 Å². The second kappa shape index (κ2) is 8.57. The van der Waals surface area contributed by atoms with Gasteiger partial charge in [-0.1, -0.05) is 13.0 Å². The van der Waals surface area contributed by atoms with Crippen LogP contribution in [0.2, 0.25) is 0 Å². The number of fused-ring (bicyclic) bond motifs is 1. The Labute approximate surface area is 172 Å². The van der Waals surface area contributed by atoms with E-state index in [0.717, 1.165) is 11.1 Å². The number of aromatic nitrogens is 2. The van der Waals surface area contributed by atoms with Crippen molar-refractivity contribution in [2.75, 3.05) is 11.9 Å². The van der Waals surface area contributed by atoms with Gasteiger partial charge in [0.05, 0.1) is 17.7 Å². The van der Waals surface area contributed by atoms with Crippen LogP contribution < -0.4 is 10.9 Å². The summed E-state index contributed by atoms with van der Waals surface area (Å²) in [5.74, 6) is -0.790. The second-order valence-corrected chi connectivity index (χ2v) is 7.59. The average Bonchev–Trinajstić information content (AvgIpc) is 3.09. The van der Waals surface area contributed by atoms with E-state index in [1.165, 1.54) is 16.0 Å². The molecule has 0 unspecified atom stereocenters. The van der Waals surface area contributed by atoms with Crippen LogP contribution in [0.25, 0.3) is 16.5 Å². The number of thiophene rings is 1. The summed E-state index contributed by atoms with van der Waals surface area (Å²) in [5, 5.41) is 9.81. The van der Waals surface area contributed by atoms with Crippen LogP contribution in [0.4, 0.5) is 5.00 Å². The van der Waals surface area contributed by atoms with Crippen LogP contribution in [0, 0.1) is 13.8 Å². The van der Waals surface area contributed by atoms with Gasteiger partial charge in [-0.15, -0.1) is 11.3 Å². The molecule has 2 heterocycles. The topological polar surface area (TPSA) is 90.3 Å². The first-order valence-electron chi connectivity index (χ1n) is 9.46. The summed E-state index contributed by atoms with van der Waals surface area (Å²) in [6.45, 7) is 7.72. The van der Waals surface area contributed by atoms with Gasteiger partial charge in [-0.25, -0.2) is 4.79 Å². The van der Waals surface area contributed by atoms with Crippen molar-refractivity contribution in [1.29, 1.82) is 0 Å². The van der Waals surface area contributed by atoms with Gasteiger partial charge in [0.25, 0.3) is 5.56 Å². The molecule has 0 radical (unpaired) electrons. The summed E-state index contributed by atoms with van der Waals surface area (Å²) in [5.41, 5.74) is 2.27. The van der Waals surface area contributed by atoms with Crippen LogP contribution in [0.1, 0.15) is 48.3 Å². The van der Waals surface area contributed by atoms with Gasteiger partial charge in [0.2, 0.25) is 5.91 Å². The molecule has 29 heavy (non-hydrogen) atoms. The quantitative estimate of drug-likeness (QED) is 0.617. The first-order valence-corrected chi connectivity index (χ1v) is 10.3. The molecule has 0 saturated heterocycles. The van der Waals surface area contributed by atoms with Gasteiger partial charge in [-0.05, 0) is 50.5 Å². The number of nitrogens with one attached hydrogen (secondary N) is 1. The van der Waals surface area contributed by atoms with Crippen molar-refractivity contribution in [3.8, 4) is 5.69 Å². The summed E-state index contributed by atoms with van der Waals surface area (Å²) in [7, 11) is 0. The van der Waals surface area contributed by atoms with E-state index in [4.69, 9.17) is 4.74 Å². The maximum atomic E-state index is 13.3. The van der Waals surface area contributed by atoms with Gasteiger partial charge in [0.15, 0.2) is 5.69 Å².